The highest BCUT2D eigenvalue weighted by Crippen LogP contribution is 2.15. The molecule has 0 unspecified atom stereocenters. The smallest absolute Gasteiger partial charge is 0.243 e. The second-order valence-electron chi connectivity index (χ2n) is 3.97. The van der Waals surface area contributed by atoms with Gasteiger partial charge in [0.05, 0.1) is 6.04 Å². The quantitative estimate of drug-likeness (QED) is 0.826. The van der Waals surface area contributed by atoms with E-state index in [0.717, 1.165) is 25.1 Å². The number of rotatable bonds is 5. The lowest BCUT2D eigenvalue weighted by Crippen LogP contribution is -2.42. The van der Waals surface area contributed by atoms with E-state index >= 15 is 0 Å². The van der Waals surface area contributed by atoms with Gasteiger partial charge in [-0.2, -0.15) is 0 Å². The Morgan fingerprint density at radius 1 is 1.38 bits per heavy atom. The highest BCUT2D eigenvalue weighted by Gasteiger charge is 2.18. The molecule has 1 amide bonds. The van der Waals surface area contributed by atoms with Gasteiger partial charge in [0, 0.05) is 12.2 Å². The highest BCUT2D eigenvalue weighted by atomic mass is 16.2. The van der Waals surface area contributed by atoms with Crippen LogP contribution in [0.25, 0.3) is 0 Å². The first kappa shape index (κ1) is 12.7. The number of benzene rings is 1. The number of para-hydroxylation sites is 1. The van der Waals surface area contributed by atoms with Gasteiger partial charge in [0.2, 0.25) is 5.91 Å². The summed E-state index contributed by atoms with van der Waals surface area (Å²) in [6, 6.07) is 9.24. The van der Waals surface area contributed by atoms with Gasteiger partial charge in [-0.25, -0.2) is 0 Å². The summed E-state index contributed by atoms with van der Waals surface area (Å²) in [6.07, 6.45) is 2.06. The molecule has 0 saturated heterocycles. The molecule has 0 aliphatic carbocycles. The zero-order valence-corrected chi connectivity index (χ0v) is 10.0. The first-order valence-electron chi connectivity index (χ1n) is 5.78. The molecule has 1 aromatic carbocycles. The largest absolute Gasteiger partial charge is 0.320 e. The molecule has 3 nitrogen and oxygen atoms in total. The molecule has 0 aliphatic heterocycles. The van der Waals surface area contributed by atoms with Gasteiger partial charge in [0.15, 0.2) is 0 Å². The van der Waals surface area contributed by atoms with Crippen LogP contribution >= 0.6 is 0 Å². The second kappa shape index (κ2) is 6.28. The molecular weight excluding hydrogens is 200 g/mol. The van der Waals surface area contributed by atoms with Crippen LogP contribution in [0.3, 0.4) is 0 Å². The van der Waals surface area contributed by atoms with Gasteiger partial charge in [-0.15, -0.1) is 0 Å². The topological polar surface area (TPSA) is 46.3 Å². The number of nitrogens with two attached hydrogens (primary N) is 1. The maximum absolute atomic E-state index is 12.0. The predicted octanol–water partition coefficient (Wildman–Crippen LogP) is 2.17. The Hall–Kier alpha value is -1.35. The van der Waals surface area contributed by atoms with Crippen molar-refractivity contribution in [1.29, 1.82) is 0 Å². The van der Waals surface area contributed by atoms with Crippen molar-refractivity contribution in [1.82, 2.24) is 0 Å². The van der Waals surface area contributed by atoms with Crippen molar-refractivity contribution in [3.63, 3.8) is 0 Å². The van der Waals surface area contributed by atoms with Crippen LogP contribution < -0.4 is 10.6 Å². The summed E-state index contributed by atoms with van der Waals surface area (Å²) in [7, 11) is 0. The fourth-order valence-corrected chi connectivity index (χ4v) is 1.54. The Morgan fingerprint density at radius 2 is 2.00 bits per heavy atom. The van der Waals surface area contributed by atoms with Gasteiger partial charge in [-0.05, 0) is 25.5 Å². The van der Waals surface area contributed by atoms with Gasteiger partial charge in [-0.1, -0.05) is 31.5 Å². The number of unbranched alkanes of at least 4 members (excludes halogenated alkanes) is 1. The maximum Gasteiger partial charge on any atom is 0.243 e. The summed E-state index contributed by atoms with van der Waals surface area (Å²) < 4.78 is 0. The molecule has 0 spiro atoms. The number of hydrogen-bond acceptors (Lipinski definition) is 2. The fraction of sp³-hybridized carbons (Fsp3) is 0.462. The van der Waals surface area contributed by atoms with Crippen molar-refractivity contribution in [2.45, 2.75) is 32.7 Å². The third kappa shape index (κ3) is 3.35. The standard InChI is InChI=1S/C13H20N2O/c1-3-4-10-15(13(16)11(2)14)12-8-6-5-7-9-12/h5-9,11H,3-4,10,14H2,1-2H3/t11-/m1/s1. The first-order valence-corrected chi connectivity index (χ1v) is 5.78. The normalized spacial score (nSPS) is 12.2. The minimum Gasteiger partial charge on any atom is -0.320 e. The second-order valence-corrected chi connectivity index (χ2v) is 3.97. The molecule has 2 N–H and O–H groups in total. The van der Waals surface area contributed by atoms with Crippen LogP contribution in [-0.2, 0) is 4.79 Å². The fourth-order valence-electron chi connectivity index (χ4n) is 1.54. The Balaban J connectivity index is 2.83. The van der Waals surface area contributed by atoms with Gasteiger partial charge in [0.1, 0.15) is 0 Å². The third-order valence-electron chi connectivity index (χ3n) is 2.46. The van der Waals surface area contributed by atoms with Crippen molar-refractivity contribution in [3.05, 3.63) is 30.3 Å². The van der Waals surface area contributed by atoms with Crippen LogP contribution in [0.5, 0.6) is 0 Å². The zero-order valence-electron chi connectivity index (χ0n) is 10.0. The van der Waals surface area contributed by atoms with Crippen LogP contribution in [0.4, 0.5) is 5.69 Å². The molecule has 0 bridgehead atoms. The molecule has 0 radical (unpaired) electrons. The molecule has 0 saturated carbocycles. The number of hydrogen-bond donors (Lipinski definition) is 1. The molecule has 16 heavy (non-hydrogen) atoms. The number of carbonyl (C=O) groups excluding carboxylic acids is 1. The SMILES string of the molecule is CCCCN(C(=O)[C@@H](C)N)c1ccccc1. The number of nitrogens with zero attached hydrogens (tertiary/aromatic N) is 1. The van der Waals surface area contributed by atoms with Gasteiger partial charge in [0.25, 0.3) is 0 Å². The Morgan fingerprint density at radius 3 is 2.50 bits per heavy atom. The van der Waals surface area contributed by atoms with Crippen LogP contribution in [0.15, 0.2) is 30.3 Å². The van der Waals surface area contributed by atoms with Gasteiger partial charge >= 0.3 is 0 Å². The molecular formula is C13H20N2O. The monoisotopic (exact) mass is 220 g/mol. The molecule has 0 heterocycles. The zero-order chi connectivity index (χ0) is 12.0. The maximum atomic E-state index is 12.0. The minimum atomic E-state index is -0.447. The number of carbonyl (C=O) groups is 1. The molecule has 1 atom stereocenters. The van der Waals surface area contributed by atoms with Crippen molar-refractivity contribution in [3.8, 4) is 0 Å². The van der Waals surface area contributed by atoms with E-state index in [1.807, 2.05) is 30.3 Å². The minimum absolute atomic E-state index is 0.0142. The lowest BCUT2D eigenvalue weighted by atomic mass is 10.2. The molecule has 1 rings (SSSR count). The van der Waals surface area contributed by atoms with Crippen LogP contribution in [0.1, 0.15) is 26.7 Å². The summed E-state index contributed by atoms with van der Waals surface area (Å²) in [5, 5.41) is 0. The van der Waals surface area contributed by atoms with E-state index in [2.05, 4.69) is 6.92 Å². The molecule has 3 heteroatoms. The average molecular weight is 220 g/mol. The van der Waals surface area contributed by atoms with Crippen LogP contribution in [0, 0.1) is 0 Å². The van der Waals surface area contributed by atoms with E-state index in [9.17, 15) is 4.79 Å². The van der Waals surface area contributed by atoms with E-state index in [-0.39, 0.29) is 5.91 Å². The first-order chi connectivity index (χ1) is 7.66. The molecule has 1 aromatic rings. The summed E-state index contributed by atoms with van der Waals surface area (Å²) in [5.74, 6) is -0.0142. The summed E-state index contributed by atoms with van der Waals surface area (Å²) >= 11 is 0. The van der Waals surface area contributed by atoms with Crippen molar-refractivity contribution >= 4 is 11.6 Å². The molecule has 88 valence electrons. The van der Waals surface area contributed by atoms with Gasteiger partial charge in [-0.3, -0.25) is 4.79 Å². The summed E-state index contributed by atoms with van der Waals surface area (Å²) in [5.41, 5.74) is 6.58. The highest BCUT2D eigenvalue weighted by molar-refractivity contribution is 5.96. The van der Waals surface area contributed by atoms with E-state index in [0.29, 0.717) is 0 Å². The van der Waals surface area contributed by atoms with Crippen LogP contribution in [-0.4, -0.2) is 18.5 Å². The van der Waals surface area contributed by atoms with Crippen molar-refractivity contribution in [2.24, 2.45) is 5.73 Å². The molecule has 0 aromatic heterocycles. The summed E-state index contributed by atoms with van der Waals surface area (Å²) in [4.78, 5) is 13.7. The molecule has 0 aliphatic rings. The number of anilines is 1. The van der Waals surface area contributed by atoms with E-state index in [1.54, 1.807) is 11.8 Å². The van der Waals surface area contributed by atoms with E-state index < -0.39 is 6.04 Å². The Bertz CT molecular complexity index is 322. The Kier molecular flexibility index (Phi) is 4.99. The summed E-state index contributed by atoms with van der Waals surface area (Å²) in [6.45, 7) is 4.57. The lowest BCUT2D eigenvalue weighted by molar-refractivity contribution is -0.119. The Labute approximate surface area is 97.2 Å². The van der Waals surface area contributed by atoms with E-state index in [4.69, 9.17) is 5.73 Å². The lowest BCUT2D eigenvalue weighted by Gasteiger charge is -2.24. The molecule has 0 fully saturated rings. The van der Waals surface area contributed by atoms with Crippen molar-refractivity contribution in [2.75, 3.05) is 11.4 Å². The third-order valence-corrected chi connectivity index (χ3v) is 2.46. The number of amides is 1. The predicted molar refractivity (Wildman–Crippen MR) is 67.4 cm³/mol. The average Bonchev–Trinajstić information content (AvgIpc) is 2.30. The van der Waals surface area contributed by atoms with Crippen LogP contribution in [0.2, 0.25) is 0 Å². The van der Waals surface area contributed by atoms with E-state index in [1.165, 1.54) is 0 Å². The van der Waals surface area contributed by atoms with Crippen molar-refractivity contribution < 1.29 is 4.79 Å². The van der Waals surface area contributed by atoms with Gasteiger partial charge < -0.3 is 10.6 Å².